The van der Waals surface area contributed by atoms with Crippen molar-refractivity contribution in [3.05, 3.63) is 59.7 Å². The molecular weight excluding hydrogens is 302 g/mol. The molecule has 2 bridgehead atoms. The molecule has 120 valence electrons. The fourth-order valence-electron chi connectivity index (χ4n) is 3.85. The van der Waals surface area contributed by atoms with E-state index in [9.17, 15) is 4.79 Å². The standard InChI is InChI=1S/C19H17N3O2/c20-10-13-2-1-3-16(8-13)22-12-17-9-18(22)11-21(17)15-6-4-14(5-7-15)19(23)24/h1-8,17-18H,9,11-12H2,(H,23,24)/t17?,18-/m0/s1. The van der Waals surface area contributed by atoms with Gasteiger partial charge in [-0.25, -0.2) is 4.79 Å². The number of fused-ring (bicyclic) bond motifs is 2. The molecule has 0 spiro atoms. The third kappa shape index (κ3) is 2.37. The first-order valence-electron chi connectivity index (χ1n) is 8.02. The van der Waals surface area contributed by atoms with Crippen LogP contribution in [0, 0.1) is 11.3 Å². The Morgan fingerprint density at radius 1 is 1.04 bits per heavy atom. The predicted octanol–water partition coefficient (Wildman–Crippen LogP) is 2.72. The summed E-state index contributed by atoms with van der Waals surface area (Å²) in [6, 6.07) is 18.0. The van der Waals surface area contributed by atoms with Gasteiger partial charge in [0.25, 0.3) is 0 Å². The zero-order valence-electron chi connectivity index (χ0n) is 13.1. The van der Waals surface area contributed by atoms with Gasteiger partial charge in [-0.05, 0) is 48.9 Å². The van der Waals surface area contributed by atoms with Crippen LogP contribution < -0.4 is 9.80 Å². The number of benzene rings is 2. The van der Waals surface area contributed by atoms with Crippen LogP contribution in [-0.2, 0) is 0 Å². The van der Waals surface area contributed by atoms with E-state index < -0.39 is 5.97 Å². The molecule has 2 saturated heterocycles. The second kappa shape index (κ2) is 5.57. The third-order valence-electron chi connectivity index (χ3n) is 4.99. The number of hydrogen-bond donors (Lipinski definition) is 1. The molecule has 0 aromatic heterocycles. The molecule has 5 nitrogen and oxygen atoms in total. The van der Waals surface area contributed by atoms with E-state index in [4.69, 9.17) is 10.4 Å². The average molecular weight is 319 g/mol. The van der Waals surface area contributed by atoms with Crippen molar-refractivity contribution < 1.29 is 9.90 Å². The van der Waals surface area contributed by atoms with Crippen LogP contribution in [0.2, 0.25) is 0 Å². The maximum Gasteiger partial charge on any atom is 0.335 e. The van der Waals surface area contributed by atoms with E-state index in [-0.39, 0.29) is 0 Å². The number of rotatable bonds is 3. The van der Waals surface area contributed by atoms with Crippen molar-refractivity contribution >= 4 is 17.3 Å². The van der Waals surface area contributed by atoms with Crippen LogP contribution in [0.25, 0.3) is 0 Å². The Kier molecular flexibility index (Phi) is 3.39. The minimum atomic E-state index is -0.895. The summed E-state index contributed by atoms with van der Waals surface area (Å²) < 4.78 is 0. The lowest BCUT2D eigenvalue weighted by Crippen LogP contribution is -2.46. The maximum atomic E-state index is 11.0. The molecule has 1 unspecified atom stereocenters. The summed E-state index contributed by atoms with van der Waals surface area (Å²) in [6.45, 7) is 1.86. The summed E-state index contributed by atoms with van der Waals surface area (Å²) in [5, 5.41) is 18.1. The van der Waals surface area contributed by atoms with Crippen LogP contribution in [-0.4, -0.2) is 36.2 Å². The first-order chi connectivity index (χ1) is 11.7. The van der Waals surface area contributed by atoms with Crippen molar-refractivity contribution in [2.24, 2.45) is 0 Å². The molecule has 0 amide bonds. The van der Waals surface area contributed by atoms with Gasteiger partial charge < -0.3 is 14.9 Å². The van der Waals surface area contributed by atoms with E-state index >= 15 is 0 Å². The number of carboxylic acid groups (broad SMARTS) is 1. The van der Waals surface area contributed by atoms with Gasteiger partial charge in [-0.1, -0.05) is 6.07 Å². The molecule has 4 rings (SSSR count). The van der Waals surface area contributed by atoms with Gasteiger partial charge in [0.1, 0.15) is 0 Å². The lowest BCUT2D eigenvalue weighted by molar-refractivity contribution is 0.0697. The highest BCUT2D eigenvalue weighted by Crippen LogP contribution is 2.37. The first-order valence-corrected chi connectivity index (χ1v) is 8.02. The van der Waals surface area contributed by atoms with E-state index in [1.165, 1.54) is 0 Å². The van der Waals surface area contributed by atoms with Crippen molar-refractivity contribution in [3.8, 4) is 6.07 Å². The van der Waals surface area contributed by atoms with Gasteiger partial charge in [0.15, 0.2) is 0 Å². The number of nitriles is 1. The number of carbonyl (C=O) groups is 1. The van der Waals surface area contributed by atoms with Gasteiger partial charge in [0.2, 0.25) is 0 Å². The topological polar surface area (TPSA) is 67.6 Å². The molecule has 2 aromatic rings. The Hall–Kier alpha value is -3.00. The van der Waals surface area contributed by atoms with Gasteiger partial charge in [-0.2, -0.15) is 5.26 Å². The Bertz CT molecular complexity index is 825. The SMILES string of the molecule is N#Cc1cccc(N2CC3C[C@H]2CN3c2ccc(C(=O)O)cc2)c1. The molecule has 2 aliphatic heterocycles. The third-order valence-corrected chi connectivity index (χ3v) is 4.99. The number of anilines is 2. The van der Waals surface area contributed by atoms with Gasteiger partial charge in [0, 0.05) is 36.5 Å². The second-order valence-corrected chi connectivity index (χ2v) is 6.36. The quantitative estimate of drug-likeness (QED) is 0.942. The van der Waals surface area contributed by atoms with Crippen molar-refractivity contribution in [2.45, 2.75) is 18.5 Å². The van der Waals surface area contributed by atoms with Gasteiger partial charge >= 0.3 is 5.97 Å². The van der Waals surface area contributed by atoms with Crippen LogP contribution in [0.5, 0.6) is 0 Å². The Balaban J connectivity index is 1.51. The Labute approximate surface area is 140 Å². The summed E-state index contributed by atoms with van der Waals surface area (Å²) >= 11 is 0. The van der Waals surface area contributed by atoms with Gasteiger partial charge in [0.05, 0.1) is 17.2 Å². The van der Waals surface area contributed by atoms with Gasteiger partial charge in [-0.3, -0.25) is 0 Å². The van der Waals surface area contributed by atoms with Crippen LogP contribution in [0.4, 0.5) is 11.4 Å². The van der Waals surface area contributed by atoms with E-state index in [1.54, 1.807) is 12.1 Å². The van der Waals surface area contributed by atoms with E-state index in [0.717, 1.165) is 30.9 Å². The smallest absolute Gasteiger partial charge is 0.335 e. The molecule has 2 fully saturated rings. The summed E-state index contributed by atoms with van der Waals surface area (Å²) in [6.07, 6.45) is 1.09. The molecule has 2 aromatic carbocycles. The van der Waals surface area contributed by atoms with Crippen LogP contribution in [0.3, 0.4) is 0 Å². The highest BCUT2D eigenvalue weighted by atomic mass is 16.4. The summed E-state index contributed by atoms with van der Waals surface area (Å²) in [5.74, 6) is -0.895. The molecule has 2 aliphatic rings. The highest BCUT2D eigenvalue weighted by Gasteiger charge is 2.43. The molecule has 2 heterocycles. The molecule has 0 saturated carbocycles. The van der Waals surface area contributed by atoms with Crippen LogP contribution in [0.1, 0.15) is 22.3 Å². The summed E-state index contributed by atoms with van der Waals surface area (Å²) in [7, 11) is 0. The number of aromatic carboxylic acids is 1. The molecule has 5 heteroatoms. The molecule has 0 radical (unpaired) electrons. The average Bonchev–Trinajstić information content (AvgIpc) is 3.22. The van der Waals surface area contributed by atoms with Crippen LogP contribution >= 0.6 is 0 Å². The number of carboxylic acids is 1. The molecule has 1 N–H and O–H groups in total. The monoisotopic (exact) mass is 319 g/mol. The van der Waals surface area contributed by atoms with E-state index in [1.807, 2.05) is 30.3 Å². The van der Waals surface area contributed by atoms with Gasteiger partial charge in [-0.15, -0.1) is 0 Å². The molecule has 24 heavy (non-hydrogen) atoms. The molecule has 0 aliphatic carbocycles. The fourth-order valence-corrected chi connectivity index (χ4v) is 3.85. The first kappa shape index (κ1) is 14.6. The molecule has 2 atom stereocenters. The normalized spacial score (nSPS) is 21.8. The zero-order valence-corrected chi connectivity index (χ0v) is 13.1. The van der Waals surface area contributed by atoms with E-state index in [0.29, 0.717) is 23.2 Å². The summed E-state index contributed by atoms with van der Waals surface area (Å²) in [5.41, 5.74) is 3.20. The largest absolute Gasteiger partial charge is 0.478 e. The maximum absolute atomic E-state index is 11.0. The molecular formula is C19H17N3O2. The lowest BCUT2D eigenvalue weighted by Gasteiger charge is -2.37. The van der Waals surface area contributed by atoms with Crippen molar-refractivity contribution in [1.82, 2.24) is 0 Å². The van der Waals surface area contributed by atoms with E-state index in [2.05, 4.69) is 21.9 Å². The number of piperazine rings is 1. The van der Waals surface area contributed by atoms with Crippen molar-refractivity contribution in [2.75, 3.05) is 22.9 Å². The fraction of sp³-hybridized carbons (Fsp3) is 0.263. The van der Waals surface area contributed by atoms with Crippen LogP contribution in [0.15, 0.2) is 48.5 Å². The van der Waals surface area contributed by atoms with Crippen molar-refractivity contribution in [3.63, 3.8) is 0 Å². The minimum Gasteiger partial charge on any atom is -0.478 e. The second-order valence-electron chi connectivity index (χ2n) is 6.36. The van der Waals surface area contributed by atoms with Crippen molar-refractivity contribution in [1.29, 1.82) is 5.26 Å². The number of hydrogen-bond acceptors (Lipinski definition) is 4. The Morgan fingerprint density at radius 2 is 1.71 bits per heavy atom. The lowest BCUT2D eigenvalue weighted by atomic mass is 10.1. The zero-order chi connectivity index (χ0) is 16.7. The highest BCUT2D eigenvalue weighted by molar-refractivity contribution is 5.88. The summed E-state index contributed by atoms with van der Waals surface area (Å²) in [4.78, 5) is 15.7. The predicted molar refractivity (Wildman–Crippen MR) is 91.4 cm³/mol. The number of nitrogens with zero attached hydrogens (tertiary/aromatic N) is 3. The Morgan fingerprint density at radius 3 is 2.29 bits per heavy atom. The minimum absolute atomic E-state index is 0.318.